The molecule has 0 saturated carbocycles. The van der Waals surface area contributed by atoms with E-state index in [9.17, 15) is 9.18 Å². The fourth-order valence-corrected chi connectivity index (χ4v) is 3.66. The third kappa shape index (κ3) is 3.81. The Morgan fingerprint density at radius 3 is 2.42 bits per heavy atom. The van der Waals surface area contributed by atoms with E-state index in [0.29, 0.717) is 11.3 Å². The van der Waals surface area contributed by atoms with Crippen molar-refractivity contribution in [2.45, 2.75) is 0 Å². The van der Waals surface area contributed by atoms with Crippen molar-refractivity contribution in [3.8, 4) is 22.3 Å². The lowest BCUT2D eigenvalue weighted by atomic mass is 10.0. The topological polar surface area (TPSA) is 57.8 Å². The molecular formula is C26H18FN3O. The fraction of sp³-hybridized carbons (Fsp3) is 0. The van der Waals surface area contributed by atoms with Crippen LogP contribution in [0.5, 0.6) is 0 Å². The smallest absolute Gasteiger partial charge is 0.257 e. The van der Waals surface area contributed by atoms with Gasteiger partial charge in [0.05, 0.1) is 5.56 Å². The summed E-state index contributed by atoms with van der Waals surface area (Å²) in [6, 6.07) is 23.6. The number of carbonyl (C=O) groups is 1. The minimum atomic E-state index is -0.296. The number of fused-ring (bicyclic) bond motifs is 1. The number of benzene rings is 3. The zero-order valence-corrected chi connectivity index (χ0v) is 16.5. The van der Waals surface area contributed by atoms with Crippen LogP contribution >= 0.6 is 0 Å². The summed E-state index contributed by atoms with van der Waals surface area (Å²) in [6.07, 6.45) is 5.24. The minimum Gasteiger partial charge on any atom is -0.360 e. The second-order valence-corrected chi connectivity index (χ2v) is 7.25. The van der Waals surface area contributed by atoms with Gasteiger partial charge in [-0.25, -0.2) is 4.39 Å². The van der Waals surface area contributed by atoms with E-state index < -0.39 is 0 Å². The quantitative estimate of drug-likeness (QED) is 0.368. The van der Waals surface area contributed by atoms with Crippen molar-refractivity contribution in [3.05, 3.63) is 109 Å². The minimum absolute atomic E-state index is 0.217. The Balaban J connectivity index is 1.45. The zero-order chi connectivity index (χ0) is 21.2. The van der Waals surface area contributed by atoms with E-state index in [0.717, 1.165) is 33.2 Å². The van der Waals surface area contributed by atoms with Gasteiger partial charge in [0, 0.05) is 40.7 Å². The van der Waals surface area contributed by atoms with Crippen molar-refractivity contribution in [2.75, 3.05) is 5.32 Å². The Kier molecular flexibility index (Phi) is 4.77. The Morgan fingerprint density at radius 2 is 1.61 bits per heavy atom. The summed E-state index contributed by atoms with van der Waals surface area (Å²) >= 11 is 0. The van der Waals surface area contributed by atoms with Crippen molar-refractivity contribution in [1.29, 1.82) is 0 Å². The molecule has 5 aromatic rings. The highest BCUT2D eigenvalue weighted by molar-refractivity contribution is 6.13. The molecule has 0 aliphatic heterocycles. The normalized spacial score (nSPS) is 10.9. The van der Waals surface area contributed by atoms with E-state index in [-0.39, 0.29) is 11.7 Å². The van der Waals surface area contributed by atoms with Gasteiger partial charge in [-0.1, -0.05) is 36.4 Å². The predicted molar refractivity (Wildman–Crippen MR) is 121 cm³/mol. The second-order valence-electron chi connectivity index (χ2n) is 7.25. The Hall–Kier alpha value is -4.25. The molecule has 3 aromatic carbocycles. The fourth-order valence-electron chi connectivity index (χ4n) is 3.66. The van der Waals surface area contributed by atoms with Gasteiger partial charge >= 0.3 is 0 Å². The summed E-state index contributed by atoms with van der Waals surface area (Å²) in [4.78, 5) is 20.4. The number of nitrogens with one attached hydrogen (secondary N) is 2. The number of halogens is 1. The van der Waals surface area contributed by atoms with Gasteiger partial charge in [0.1, 0.15) is 5.82 Å². The first-order valence-corrected chi connectivity index (χ1v) is 9.86. The highest BCUT2D eigenvalue weighted by Gasteiger charge is 2.14. The largest absolute Gasteiger partial charge is 0.360 e. The summed E-state index contributed by atoms with van der Waals surface area (Å²) in [7, 11) is 0. The number of H-pyrrole nitrogens is 1. The number of amides is 1. The number of rotatable bonds is 4. The molecule has 0 saturated heterocycles. The van der Waals surface area contributed by atoms with Crippen LogP contribution < -0.4 is 5.32 Å². The molecule has 5 heteroatoms. The van der Waals surface area contributed by atoms with E-state index in [4.69, 9.17) is 0 Å². The molecule has 0 fully saturated rings. The Bertz CT molecular complexity index is 1390. The van der Waals surface area contributed by atoms with Gasteiger partial charge in [-0.05, 0) is 59.2 Å². The number of aromatic amines is 1. The number of aromatic nitrogens is 2. The molecule has 31 heavy (non-hydrogen) atoms. The molecule has 2 heterocycles. The number of anilines is 1. The molecule has 0 atom stereocenters. The van der Waals surface area contributed by atoms with Crippen molar-refractivity contribution in [2.24, 2.45) is 0 Å². The van der Waals surface area contributed by atoms with E-state index in [2.05, 4.69) is 15.3 Å². The first-order chi connectivity index (χ1) is 15.2. The molecule has 2 aromatic heterocycles. The van der Waals surface area contributed by atoms with Crippen LogP contribution in [0.3, 0.4) is 0 Å². The summed E-state index contributed by atoms with van der Waals surface area (Å²) in [6.45, 7) is 0. The lowest BCUT2D eigenvalue weighted by Gasteiger charge is -2.08. The molecule has 0 aliphatic carbocycles. The summed E-state index contributed by atoms with van der Waals surface area (Å²) in [5, 5.41) is 3.79. The van der Waals surface area contributed by atoms with Crippen molar-refractivity contribution >= 4 is 22.5 Å². The Morgan fingerprint density at radius 1 is 0.839 bits per heavy atom. The predicted octanol–water partition coefficient (Wildman–Crippen LogP) is 6.29. The molecule has 0 aliphatic rings. The lowest BCUT2D eigenvalue weighted by Crippen LogP contribution is -2.11. The number of hydrogen-bond acceptors (Lipinski definition) is 2. The van der Waals surface area contributed by atoms with Gasteiger partial charge < -0.3 is 10.3 Å². The molecule has 150 valence electrons. The molecule has 0 bridgehead atoms. The van der Waals surface area contributed by atoms with Gasteiger partial charge in [-0.2, -0.15) is 0 Å². The summed E-state index contributed by atoms with van der Waals surface area (Å²) in [5.41, 5.74) is 5.63. The monoisotopic (exact) mass is 407 g/mol. The number of nitrogens with zero attached hydrogens (tertiary/aromatic N) is 1. The van der Waals surface area contributed by atoms with Gasteiger partial charge in [0.2, 0.25) is 0 Å². The molecular weight excluding hydrogens is 389 g/mol. The molecule has 1 amide bonds. The van der Waals surface area contributed by atoms with Crippen LogP contribution in [0.1, 0.15) is 10.4 Å². The van der Waals surface area contributed by atoms with Crippen molar-refractivity contribution in [3.63, 3.8) is 0 Å². The second kappa shape index (κ2) is 7.88. The average Bonchev–Trinajstić information content (AvgIpc) is 3.23. The van der Waals surface area contributed by atoms with E-state index >= 15 is 0 Å². The summed E-state index contributed by atoms with van der Waals surface area (Å²) in [5.74, 6) is -0.513. The lowest BCUT2D eigenvalue weighted by molar-refractivity contribution is 0.102. The maximum atomic E-state index is 13.6. The van der Waals surface area contributed by atoms with Crippen LogP contribution in [0.25, 0.3) is 33.2 Å². The molecule has 2 N–H and O–H groups in total. The first kappa shape index (κ1) is 18.8. The van der Waals surface area contributed by atoms with E-state index in [1.54, 1.807) is 24.7 Å². The molecule has 4 nitrogen and oxygen atoms in total. The summed E-state index contributed by atoms with van der Waals surface area (Å²) < 4.78 is 13.6. The van der Waals surface area contributed by atoms with Crippen LogP contribution in [0.15, 0.2) is 97.5 Å². The standard InChI is InChI=1S/C26H18FN3O/c27-21-7-1-4-17(12-21)18-5-2-8-22(13-18)30-26(31)24-16-29-25-10-9-19(14-23(24)25)20-6-3-11-28-15-20/h1-16,29H,(H,30,31). The molecule has 0 unspecified atom stereocenters. The maximum absolute atomic E-state index is 13.6. The van der Waals surface area contributed by atoms with Crippen LogP contribution in [-0.4, -0.2) is 15.9 Å². The van der Waals surface area contributed by atoms with Gasteiger partial charge in [0.15, 0.2) is 0 Å². The number of hydrogen-bond donors (Lipinski definition) is 2. The van der Waals surface area contributed by atoms with Gasteiger partial charge in [0.25, 0.3) is 5.91 Å². The molecule has 0 radical (unpaired) electrons. The average molecular weight is 407 g/mol. The first-order valence-electron chi connectivity index (χ1n) is 9.86. The number of pyridine rings is 1. The van der Waals surface area contributed by atoms with Gasteiger partial charge in [-0.15, -0.1) is 0 Å². The van der Waals surface area contributed by atoms with Crippen LogP contribution in [0.2, 0.25) is 0 Å². The third-order valence-electron chi connectivity index (χ3n) is 5.20. The van der Waals surface area contributed by atoms with E-state index in [1.165, 1.54) is 12.1 Å². The van der Waals surface area contributed by atoms with Gasteiger partial charge in [-0.3, -0.25) is 9.78 Å². The van der Waals surface area contributed by atoms with E-state index in [1.807, 2.05) is 60.7 Å². The van der Waals surface area contributed by atoms with Crippen molar-refractivity contribution in [1.82, 2.24) is 9.97 Å². The number of carbonyl (C=O) groups excluding carboxylic acids is 1. The van der Waals surface area contributed by atoms with Crippen LogP contribution in [-0.2, 0) is 0 Å². The highest BCUT2D eigenvalue weighted by Crippen LogP contribution is 2.27. The van der Waals surface area contributed by atoms with Crippen LogP contribution in [0, 0.1) is 5.82 Å². The maximum Gasteiger partial charge on any atom is 0.257 e. The molecule has 0 spiro atoms. The van der Waals surface area contributed by atoms with Crippen LogP contribution in [0.4, 0.5) is 10.1 Å². The highest BCUT2D eigenvalue weighted by atomic mass is 19.1. The third-order valence-corrected chi connectivity index (χ3v) is 5.20. The SMILES string of the molecule is O=C(Nc1cccc(-c2cccc(F)c2)c1)c1c[nH]c2ccc(-c3cccnc3)cc12. The van der Waals surface area contributed by atoms with Crippen molar-refractivity contribution < 1.29 is 9.18 Å². The molecule has 5 rings (SSSR count). The zero-order valence-electron chi connectivity index (χ0n) is 16.5. The Labute approximate surface area is 178 Å².